The summed E-state index contributed by atoms with van der Waals surface area (Å²) in [5.74, 6) is 0.145. The average Bonchev–Trinajstić information content (AvgIpc) is 2.98. The second-order valence-electron chi connectivity index (χ2n) is 4.06. The molecule has 1 aromatic rings. The summed E-state index contributed by atoms with van der Waals surface area (Å²) in [6.07, 6.45) is 2.35. The van der Waals surface area contributed by atoms with E-state index in [0.29, 0.717) is 19.1 Å². The molecule has 4 nitrogen and oxygen atoms in total. The summed E-state index contributed by atoms with van der Waals surface area (Å²) >= 11 is 4.92. The number of hydrogen-bond donors (Lipinski definition) is 2. The van der Waals surface area contributed by atoms with Crippen molar-refractivity contribution < 1.29 is 8.42 Å². The van der Waals surface area contributed by atoms with Crippen LogP contribution >= 0.6 is 27.3 Å². The largest absolute Gasteiger partial charge is 0.313 e. The van der Waals surface area contributed by atoms with Gasteiger partial charge in [-0.15, -0.1) is 11.3 Å². The Morgan fingerprint density at radius 2 is 2.24 bits per heavy atom. The van der Waals surface area contributed by atoms with Crippen LogP contribution in [0.2, 0.25) is 0 Å². The van der Waals surface area contributed by atoms with E-state index in [-0.39, 0.29) is 5.75 Å². The zero-order valence-corrected chi connectivity index (χ0v) is 12.5. The molecule has 0 bridgehead atoms. The molecule has 0 aliphatic heterocycles. The van der Waals surface area contributed by atoms with Crippen LogP contribution < -0.4 is 10.0 Å². The third-order valence-corrected chi connectivity index (χ3v) is 5.78. The van der Waals surface area contributed by atoms with Gasteiger partial charge in [-0.3, -0.25) is 0 Å². The Labute approximate surface area is 114 Å². The summed E-state index contributed by atoms with van der Waals surface area (Å²) < 4.78 is 26.9. The van der Waals surface area contributed by atoms with Crippen molar-refractivity contribution in [2.75, 3.05) is 12.3 Å². The summed E-state index contributed by atoms with van der Waals surface area (Å²) in [5, 5.41) is 5.12. The summed E-state index contributed by atoms with van der Waals surface area (Å²) in [7, 11) is -3.17. The molecule has 0 radical (unpaired) electrons. The van der Waals surface area contributed by atoms with Gasteiger partial charge in [0.2, 0.25) is 10.0 Å². The van der Waals surface area contributed by atoms with Gasteiger partial charge in [0.05, 0.1) is 5.75 Å². The van der Waals surface area contributed by atoms with E-state index in [9.17, 15) is 8.42 Å². The predicted octanol–water partition coefficient (Wildman–Crippen LogP) is 1.68. The quantitative estimate of drug-likeness (QED) is 0.795. The highest BCUT2D eigenvalue weighted by molar-refractivity contribution is 9.10. The Balaban J connectivity index is 1.74. The number of sulfonamides is 1. The van der Waals surface area contributed by atoms with Crippen LogP contribution in [-0.2, 0) is 16.6 Å². The number of halogens is 1. The van der Waals surface area contributed by atoms with Gasteiger partial charge in [0, 0.05) is 28.5 Å². The Bertz CT molecular complexity index is 468. The monoisotopic (exact) mass is 338 g/mol. The van der Waals surface area contributed by atoms with E-state index in [4.69, 9.17) is 0 Å². The molecule has 96 valence electrons. The molecule has 2 rings (SSSR count). The van der Waals surface area contributed by atoms with Crippen LogP contribution in [0.4, 0.5) is 0 Å². The Kier molecular flexibility index (Phi) is 4.59. The van der Waals surface area contributed by atoms with Crippen LogP contribution in [0.1, 0.15) is 17.7 Å². The Morgan fingerprint density at radius 1 is 1.47 bits per heavy atom. The number of hydrogen-bond acceptors (Lipinski definition) is 4. The maximum absolute atomic E-state index is 11.7. The maximum atomic E-state index is 11.7. The molecular weight excluding hydrogens is 324 g/mol. The number of nitrogens with one attached hydrogen (secondary N) is 2. The summed E-state index contributed by atoms with van der Waals surface area (Å²) in [6.45, 7) is 0.898. The normalized spacial score (nSPS) is 16.3. The van der Waals surface area contributed by atoms with Crippen LogP contribution in [0, 0.1) is 0 Å². The number of rotatable bonds is 7. The van der Waals surface area contributed by atoms with Gasteiger partial charge in [0.15, 0.2) is 0 Å². The lowest BCUT2D eigenvalue weighted by Crippen LogP contribution is -2.32. The molecule has 0 amide bonds. The van der Waals surface area contributed by atoms with Crippen LogP contribution in [0.15, 0.2) is 15.9 Å². The van der Waals surface area contributed by atoms with E-state index >= 15 is 0 Å². The van der Waals surface area contributed by atoms with Crippen LogP contribution in [0.25, 0.3) is 0 Å². The van der Waals surface area contributed by atoms with Crippen LogP contribution in [0.5, 0.6) is 0 Å². The van der Waals surface area contributed by atoms with E-state index < -0.39 is 10.0 Å². The van der Waals surface area contributed by atoms with Gasteiger partial charge in [0.25, 0.3) is 0 Å². The molecule has 1 heterocycles. The van der Waals surface area contributed by atoms with Crippen molar-refractivity contribution in [2.45, 2.75) is 25.4 Å². The average molecular weight is 339 g/mol. The molecule has 0 unspecified atom stereocenters. The second-order valence-corrected chi connectivity index (χ2v) is 7.84. The first kappa shape index (κ1) is 13.5. The van der Waals surface area contributed by atoms with Gasteiger partial charge in [-0.2, -0.15) is 0 Å². The molecule has 1 aliphatic carbocycles. The zero-order valence-electron chi connectivity index (χ0n) is 9.28. The third-order valence-electron chi connectivity index (χ3n) is 2.52. The smallest absolute Gasteiger partial charge is 0.213 e. The van der Waals surface area contributed by atoms with Crippen molar-refractivity contribution in [3.8, 4) is 0 Å². The van der Waals surface area contributed by atoms with Crippen molar-refractivity contribution in [1.29, 1.82) is 0 Å². The first-order chi connectivity index (χ1) is 8.07. The van der Waals surface area contributed by atoms with Crippen molar-refractivity contribution in [3.63, 3.8) is 0 Å². The predicted molar refractivity (Wildman–Crippen MR) is 73.7 cm³/mol. The molecule has 1 saturated carbocycles. The lowest BCUT2D eigenvalue weighted by atomic mass is 10.5. The van der Waals surface area contributed by atoms with Gasteiger partial charge < -0.3 is 5.32 Å². The van der Waals surface area contributed by atoms with Gasteiger partial charge >= 0.3 is 0 Å². The van der Waals surface area contributed by atoms with Gasteiger partial charge in [0.1, 0.15) is 0 Å². The van der Waals surface area contributed by atoms with Gasteiger partial charge in [-0.05, 0) is 40.2 Å². The topological polar surface area (TPSA) is 58.2 Å². The molecule has 1 aromatic heterocycles. The van der Waals surface area contributed by atoms with E-state index in [1.165, 1.54) is 24.2 Å². The fourth-order valence-corrected chi connectivity index (χ4v) is 3.80. The summed E-state index contributed by atoms with van der Waals surface area (Å²) in [6, 6.07) is 2.47. The van der Waals surface area contributed by atoms with Gasteiger partial charge in [-0.25, -0.2) is 13.1 Å². The molecule has 17 heavy (non-hydrogen) atoms. The second kappa shape index (κ2) is 5.79. The first-order valence-electron chi connectivity index (χ1n) is 5.49. The van der Waals surface area contributed by atoms with Crippen LogP contribution in [-0.4, -0.2) is 26.8 Å². The molecule has 0 saturated heterocycles. The van der Waals surface area contributed by atoms with Crippen molar-refractivity contribution in [3.05, 3.63) is 20.8 Å². The number of thiophene rings is 1. The van der Waals surface area contributed by atoms with Crippen molar-refractivity contribution in [2.24, 2.45) is 0 Å². The standard InChI is InChI=1S/C10H15BrN2O2S2/c11-9-3-5-16-10(9)7-13-17(14,15)6-4-12-8-1-2-8/h3,5,8,12-13H,1-2,4,6-7H2. The molecule has 0 aromatic carbocycles. The fraction of sp³-hybridized carbons (Fsp3) is 0.600. The highest BCUT2D eigenvalue weighted by Crippen LogP contribution is 2.22. The summed E-state index contributed by atoms with van der Waals surface area (Å²) in [4.78, 5) is 1.00. The summed E-state index contributed by atoms with van der Waals surface area (Å²) in [5.41, 5.74) is 0. The van der Waals surface area contributed by atoms with E-state index in [1.807, 2.05) is 11.4 Å². The minimum atomic E-state index is -3.17. The Morgan fingerprint density at radius 3 is 2.82 bits per heavy atom. The first-order valence-corrected chi connectivity index (χ1v) is 8.82. The minimum absolute atomic E-state index is 0.145. The van der Waals surface area contributed by atoms with E-state index in [2.05, 4.69) is 26.0 Å². The highest BCUT2D eigenvalue weighted by Gasteiger charge is 2.21. The molecule has 1 aliphatic rings. The van der Waals surface area contributed by atoms with Gasteiger partial charge in [-0.1, -0.05) is 0 Å². The lowest BCUT2D eigenvalue weighted by molar-refractivity contribution is 0.576. The lowest BCUT2D eigenvalue weighted by Gasteiger charge is -2.06. The highest BCUT2D eigenvalue weighted by atomic mass is 79.9. The Hall–Kier alpha value is 0.0500. The minimum Gasteiger partial charge on any atom is -0.313 e. The van der Waals surface area contributed by atoms with Crippen molar-refractivity contribution >= 4 is 37.3 Å². The van der Waals surface area contributed by atoms with Crippen molar-refractivity contribution in [1.82, 2.24) is 10.0 Å². The van der Waals surface area contributed by atoms with E-state index in [0.717, 1.165) is 9.35 Å². The van der Waals surface area contributed by atoms with Crippen LogP contribution in [0.3, 0.4) is 0 Å². The molecule has 0 atom stereocenters. The SMILES string of the molecule is O=S(=O)(CCNC1CC1)NCc1sccc1Br. The molecule has 0 spiro atoms. The third kappa shape index (κ3) is 4.67. The molecular formula is C10H15BrN2O2S2. The maximum Gasteiger partial charge on any atom is 0.213 e. The van der Waals surface area contributed by atoms with E-state index in [1.54, 1.807) is 0 Å². The molecule has 7 heteroatoms. The molecule has 2 N–H and O–H groups in total. The zero-order chi connectivity index (χ0) is 12.3. The fourth-order valence-electron chi connectivity index (χ4n) is 1.38. The molecule has 1 fully saturated rings.